The molecule has 1 aliphatic rings. The molecule has 0 saturated heterocycles. The Labute approximate surface area is 120 Å². The Morgan fingerprint density at radius 1 is 1.05 bits per heavy atom. The molecule has 1 N–H and O–H groups in total. The Morgan fingerprint density at radius 2 is 1.90 bits per heavy atom. The van der Waals surface area contributed by atoms with Crippen molar-refractivity contribution in [2.45, 2.75) is 26.7 Å². The van der Waals surface area contributed by atoms with Crippen molar-refractivity contribution in [2.24, 2.45) is 0 Å². The van der Waals surface area contributed by atoms with Crippen LogP contribution in [-0.4, -0.2) is 13.7 Å². The SMILES string of the molecule is COc1c(-c2cccc3c2CCCN3)ccc(C)c1C. The van der Waals surface area contributed by atoms with Crippen molar-refractivity contribution >= 4 is 5.69 Å². The van der Waals surface area contributed by atoms with Gasteiger partial charge in [0.1, 0.15) is 5.75 Å². The van der Waals surface area contributed by atoms with Gasteiger partial charge in [-0.25, -0.2) is 0 Å². The minimum absolute atomic E-state index is 1.00. The molecule has 0 saturated carbocycles. The number of benzene rings is 2. The second-order valence-electron chi connectivity index (χ2n) is 5.45. The molecule has 0 unspecified atom stereocenters. The van der Waals surface area contributed by atoms with E-state index in [1.54, 1.807) is 7.11 Å². The van der Waals surface area contributed by atoms with Gasteiger partial charge in [0.15, 0.2) is 0 Å². The Kier molecular flexibility index (Phi) is 3.39. The van der Waals surface area contributed by atoms with Crippen LogP contribution >= 0.6 is 0 Å². The van der Waals surface area contributed by atoms with Crippen molar-refractivity contribution in [1.82, 2.24) is 0 Å². The highest BCUT2D eigenvalue weighted by Crippen LogP contribution is 2.39. The Hall–Kier alpha value is -1.96. The van der Waals surface area contributed by atoms with Crippen molar-refractivity contribution in [3.8, 4) is 16.9 Å². The van der Waals surface area contributed by atoms with Gasteiger partial charge in [0.25, 0.3) is 0 Å². The number of hydrogen-bond acceptors (Lipinski definition) is 2. The molecule has 0 radical (unpaired) electrons. The summed E-state index contributed by atoms with van der Waals surface area (Å²) in [5.41, 5.74) is 7.69. The van der Waals surface area contributed by atoms with Gasteiger partial charge in [-0.15, -0.1) is 0 Å². The average Bonchev–Trinajstić information content (AvgIpc) is 2.49. The molecule has 1 aliphatic heterocycles. The number of hydrogen-bond donors (Lipinski definition) is 1. The quantitative estimate of drug-likeness (QED) is 0.874. The molecule has 0 aromatic heterocycles. The van der Waals surface area contributed by atoms with Crippen molar-refractivity contribution in [2.75, 3.05) is 19.0 Å². The lowest BCUT2D eigenvalue weighted by molar-refractivity contribution is 0.413. The van der Waals surface area contributed by atoms with Crippen LogP contribution in [0.25, 0.3) is 11.1 Å². The van der Waals surface area contributed by atoms with Crippen molar-refractivity contribution in [3.63, 3.8) is 0 Å². The van der Waals surface area contributed by atoms with E-state index in [0.29, 0.717) is 0 Å². The maximum atomic E-state index is 5.68. The molecule has 2 aromatic carbocycles. The molecule has 20 heavy (non-hydrogen) atoms. The van der Waals surface area contributed by atoms with E-state index < -0.39 is 0 Å². The summed E-state index contributed by atoms with van der Waals surface area (Å²) < 4.78 is 5.68. The molecule has 1 heterocycles. The highest BCUT2D eigenvalue weighted by Gasteiger charge is 2.17. The molecule has 0 atom stereocenters. The van der Waals surface area contributed by atoms with E-state index in [1.807, 2.05) is 0 Å². The van der Waals surface area contributed by atoms with Crippen LogP contribution in [0.2, 0.25) is 0 Å². The molecular weight excluding hydrogens is 246 g/mol. The standard InChI is InChI=1S/C18H21NO/c1-12-9-10-16(18(20-3)13(12)2)14-6-4-8-17-15(14)7-5-11-19-17/h4,6,8-10,19H,5,7,11H2,1-3H3. The smallest absolute Gasteiger partial charge is 0.129 e. The number of rotatable bonds is 2. The van der Waals surface area contributed by atoms with Gasteiger partial charge in [-0.05, 0) is 55.0 Å². The van der Waals surface area contributed by atoms with Crippen LogP contribution in [0.4, 0.5) is 5.69 Å². The lowest BCUT2D eigenvalue weighted by Gasteiger charge is -2.22. The van der Waals surface area contributed by atoms with Crippen LogP contribution in [0.15, 0.2) is 30.3 Å². The molecule has 2 nitrogen and oxygen atoms in total. The molecule has 0 amide bonds. The van der Waals surface area contributed by atoms with Gasteiger partial charge in [-0.1, -0.05) is 24.3 Å². The second kappa shape index (κ2) is 5.20. The molecule has 3 rings (SSSR count). The lowest BCUT2D eigenvalue weighted by Crippen LogP contribution is -2.12. The third kappa shape index (κ3) is 2.05. The van der Waals surface area contributed by atoms with E-state index >= 15 is 0 Å². The molecule has 0 bridgehead atoms. The number of anilines is 1. The zero-order valence-corrected chi connectivity index (χ0v) is 12.4. The fourth-order valence-electron chi connectivity index (χ4n) is 3.03. The molecule has 104 valence electrons. The van der Waals surface area contributed by atoms with Crippen LogP contribution in [-0.2, 0) is 6.42 Å². The first-order valence-corrected chi connectivity index (χ1v) is 7.22. The summed E-state index contributed by atoms with van der Waals surface area (Å²) in [5.74, 6) is 1.00. The molecule has 2 heteroatoms. The van der Waals surface area contributed by atoms with E-state index in [9.17, 15) is 0 Å². The minimum Gasteiger partial charge on any atom is -0.496 e. The van der Waals surface area contributed by atoms with Gasteiger partial charge < -0.3 is 10.1 Å². The summed E-state index contributed by atoms with van der Waals surface area (Å²) in [6.45, 7) is 5.33. The van der Waals surface area contributed by atoms with E-state index in [4.69, 9.17) is 4.74 Å². The summed E-state index contributed by atoms with van der Waals surface area (Å²) in [7, 11) is 1.76. The first-order valence-electron chi connectivity index (χ1n) is 7.22. The third-order valence-corrected chi connectivity index (χ3v) is 4.27. The van der Waals surface area contributed by atoms with Crippen LogP contribution in [0.3, 0.4) is 0 Å². The number of methoxy groups -OCH3 is 1. The molecular formula is C18H21NO. The van der Waals surface area contributed by atoms with E-state index in [2.05, 4.69) is 49.5 Å². The first-order chi connectivity index (χ1) is 9.72. The second-order valence-corrected chi connectivity index (χ2v) is 5.45. The minimum atomic E-state index is 1.00. The Balaban J connectivity index is 2.22. The number of ether oxygens (including phenoxy) is 1. The first kappa shape index (κ1) is 13.0. The Bertz CT molecular complexity index is 646. The highest BCUT2D eigenvalue weighted by atomic mass is 16.5. The number of aryl methyl sites for hydroxylation is 1. The molecule has 2 aromatic rings. The van der Waals surface area contributed by atoms with Crippen LogP contribution in [0.1, 0.15) is 23.1 Å². The maximum Gasteiger partial charge on any atom is 0.129 e. The summed E-state index contributed by atoms with van der Waals surface area (Å²) in [6.07, 6.45) is 2.33. The predicted molar refractivity (Wildman–Crippen MR) is 84.7 cm³/mol. The van der Waals surface area contributed by atoms with Gasteiger partial charge >= 0.3 is 0 Å². The van der Waals surface area contributed by atoms with Gasteiger partial charge in [0.2, 0.25) is 0 Å². The van der Waals surface area contributed by atoms with Crippen molar-refractivity contribution in [1.29, 1.82) is 0 Å². The highest BCUT2D eigenvalue weighted by molar-refractivity contribution is 5.80. The zero-order chi connectivity index (χ0) is 14.1. The average molecular weight is 267 g/mol. The topological polar surface area (TPSA) is 21.3 Å². The van der Waals surface area contributed by atoms with Gasteiger partial charge in [-0.2, -0.15) is 0 Å². The molecule has 0 aliphatic carbocycles. The van der Waals surface area contributed by atoms with Crippen molar-refractivity contribution in [3.05, 3.63) is 47.0 Å². The summed E-state index contributed by atoms with van der Waals surface area (Å²) in [6, 6.07) is 10.9. The largest absolute Gasteiger partial charge is 0.496 e. The van der Waals surface area contributed by atoms with Crippen LogP contribution < -0.4 is 10.1 Å². The van der Waals surface area contributed by atoms with E-state index in [1.165, 1.54) is 39.9 Å². The fraction of sp³-hybridized carbons (Fsp3) is 0.333. The molecule has 0 fully saturated rings. The predicted octanol–water partition coefficient (Wildman–Crippen LogP) is 4.34. The van der Waals surface area contributed by atoms with Crippen molar-refractivity contribution < 1.29 is 4.74 Å². The van der Waals surface area contributed by atoms with Gasteiger partial charge in [0.05, 0.1) is 7.11 Å². The van der Waals surface area contributed by atoms with Gasteiger partial charge in [0, 0.05) is 17.8 Å². The van der Waals surface area contributed by atoms with Crippen LogP contribution in [0, 0.1) is 13.8 Å². The third-order valence-electron chi connectivity index (χ3n) is 4.27. The summed E-state index contributed by atoms with van der Waals surface area (Å²) in [5, 5.41) is 3.50. The monoisotopic (exact) mass is 267 g/mol. The lowest BCUT2D eigenvalue weighted by atomic mass is 9.91. The van der Waals surface area contributed by atoms with E-state index in [0.717, 1.165) is 18.7 Å². The van der Waals surface area contributed by atoms with E-state index in [-0.39, 0.29) is 0 Å². The van der Waals surface area contributed by atoms with Gasteiger partial charge in [-0.3, -0.25) is 0 Å². The fourth-order valence-corrected chi connectivity index (χ4v) is 3.03. The summed E-state index contributed by atoms with van der Waals surface area (Å²) in [4.78, 5) is 0. The Morgan fingerprint density at radius 3 is 2.70 bits per heavy atom. The zero-order valence-electron chi connectivity index (χ0n) is 12.4. The summed E-state index contributed by atoms with van der Waals surface area (Å²) >= 11 is 0. The normalized spacial score (nSPS) is 13.6. The van der Waals surface area contributed by atoms with Crippen LogP contribution in [0.5, 0.6) is 5.75 Å². The maximum absolute atomic E-state index is 5.68. The number of nitrogens with one attached hydrogen (secondary N) is 1. The molecule has 0 spiro atoms. The number of fused-ring (bicyclic) bond motifs is 1.